The Bertz CT molecular complexity index is 444. The molecule has 0 atom stereocenters. The molecule has 0 radical (unpaired) electrons. The maximum atomic E-state index is 4.40. The average molecular weight is 250 g/mol. The Labute approximate surface area is 104 Å². The van der Waals surface area contributed by atoms with Crippen LogP contribution in [0, 0.1) is 0 Å². The Morgan fingerprint density at radius 2 is 2.35 bits per heavy atom. The maximum Gasteiger partial charge on any atom is 0.222 e. The second kappa shape index (κ2) is 6.19. The number of nitrogens with one attached hydrogen (secondary N) is 2. The lowest BCUT2D eigenvalue weighted by Crippen LogP contribution is -2.05. The minimum Gasteiger partial charge on any atom is -0.354 e. The number of thioether (sulfide) groups is 1. The summed E-state index contributed by atoms with van der Waals surface area (Å²) < 4.78 is 0. The quantitative estimate of drug-likeness (QED) is 0.760. The first-order valence-electron chi connectivity index (χ1n) is 5.42. The van der Waals surface area contributed by atoms with E-state index in [2.05, 4.69) is 37.4 Å². The van der Waals surface area contributed by atoms with E-state index in [0.717, 1.165) is 29.6 Å². The lowest BCUT2D eigenvalue weighted by atomic mass is 10.4. The zero-order valence-corrected chi connectivity index (χ0v) is 10.4. The van der Waals surface area contributed by atoms with Crippen molar-refractivity contribution in [1.29, 1.82) is 0 Å². The third kappa shape index (κ3) is 3.70. The molecule has 2 rings (SSSR count). The Hall–Kier alpha value is -1.63. The standard InChI is InChI=1S/C10H14N6S/c1-2-4-11-9-12-5-3-8(15-9)6-17-10-13-7-14-16-10/h3,5,7H,2,4,6H2,1H3,(H,11,12,15)(H,13,14,16). The molecule has 0 amide bonds. The Kier molecular flexibility index (Phi) is 4.31. The van der Waals surface area contributed by atoms with Crippen LogP contribution in [-0.2, 0) is 5.75 Å². The number of aromatic nitrogens is 5. The van der Waals surface area contributed by atoms with Crippen molar-refractivity contribution in [2.75, 3.05) is 11.9 Å². The van der Waals surface area contributed by atoms with Crippen LogP contribution in [0.15, 0.2) is 23.7 Å². The Morgan fingerprint density at radius 3 is 3.12 bits per heavy atom. The summed E-state index contributed by atoms with van der Waals surface area (Å²) in [6.45, 7) is 3.00. The molecule has 0 aliphatic carbocycles. The van der Waals surface area contributed by atoms with Gasteiger partial charge in [-0.1, -0.05) is 18.7 Å². The van der Waals surface area contributed by atoms with Crippen molar-refractivity contribution >= 4 is 17.7 Å². The first kappa shape index (κ1) is 11.8. The van der Waals surface area contributed by atoms with Gasteiger partial charge in [0.05, 0.1) is 5.69 Å². The fourth-order valence-electron chi connectivity index (χ4n) is 1.20. The lowest BCUT2D eigenvalue weighted by molar-refractivity contribution is 0.942. The van der Waals surface area contributed by atoms with Crippen LogP contribution in [0.3, 0.4) is 0 Å². The van der Waals surface area contributed by atoms with Gasteiger partial charge in [-0.05, 0) is 12.5 Å². The number of aromatic amines is 1. The largest absolute Gasteiger partial charge is 0.354 e. The summed E-state index contributed by atoms with van der Waals surface area (Å²) in [4.78, 5) is 12.6. The van der Waals surface area contributed by atoms with Crippen LogP contribution >= 0.6 is 11.8 Å². The third-order valence-electron chi connectivity index (χ3n) is 2.00. The molecule has 90 valence electrons. The van der Waals surface area contributed by atoms with Gasteiger partial charge in [0.25, 0.3) is 0 Å². The highest BCUT2D eigenvalue weighted by atomic mass is 32.2. The summed E-state index contributed by atoms with van der Waals surface area (Å²) in [7, 11) is 0. The number of anilines is 1. The monoisotopic (exact) mass is 250 g/mol. The molecule has 2 heterocycles. The van der Waals surface area contributed by atoms with Crippen molar-refractivity contribution in [1.82, 2.24) is 25.1 Å². The average Bonchev–Trinajstić information content (AvgIpc) is 2.87. The predicted octanol–water partition coefficient (Wildman–Crippen LogP) is 1.71. The molecule has 2 N–H and O–H groups in total. The van der Waals surface area contributed by atoms with Gasteiger partial charge in [0.1, 0.15) is 6.33 Å². The SMILES string of the molecule is CCCNc1nccc(CSc2ncn[nH]2)n1. The molecule has 7 heteroatoms. The van der Waals surface area contributed by atoms with Gasteiger partial charge in [-0.25, -0.2) is 15.0 Å². The Morgan fingerprint density at radius 1 is 1.41 bits per heavy atom. The minimum absolute atomic E-state index is 0.683. The van der Waals surface area contributed by atoms with E-state index in [4.69, 9.17) is 0 Å². The molecule has 6 nitrogen and oxygen atoms in total. The van der Waals surface area contributed by atoms with Crippen LogP contribution in [0.5, 0.6) is 0 Å². The van der Waals surface area contributed by atoms with Gasteiger partial charge in [0.15, 0.2) is 5.16 Å². The molecular weight excluding hydrogens is 236 g/mol. The van der Waals surface area contributed by atoms with E-state index in [1.807, 2.05) is 6.07 Å². The van der Waals surface area contributed by atoms with Gasteiger partial charge in [0, 0.05) is 18.5 Å². The minimum atomic E-state index is 0.683. The van der Waals surface area contributed by atoms with E-state index in [1.54, 1.807) is 18.0 Å². The zero-order chi connectivity index (χ0) is 11.9. The van der Waals surface area contributed by atoms with E-state index < -0.39 is 0 Å². The number of H-pyrrole nitrogens is 1. The number of hydrogen-bond acceptors (Lipinski definition) is 6. The van der Waals surface area contributed by atoms with Crippen molar-refractivity contribution in [2.24, 2.45) is 0 Å². The molecule has 0 aromatic carbocycles. The van der Waals surface area contributed by atoms with Gasteiger partial charge in [-0.2, -0.15) is 5.10 Å². The number of hydrogen-bond donors (Lipinski definition) is 2. The molecule has 0 unspecified atom stereocenters. The molecule has 0 bridgehead atoms. The van der Waals surface area contributed by atoms with Crippen molar-refractivity contribution in [3.05, 3.63) is 24.3 Å². The van der Waals surface area contributed by atoms with E-state index in [9.17, 15) is 0 Å². The second-order valence-electron chi connectivity index (χ2n) is 3.38. The van der Waals surface area contributed by atoms with Gasteiger partial charge in [-0.3, -0.25) is 5.10 Å². The predicted molar refractivity (Wildman–Crippen MR) is 66.8 cm³/mol. The topological polar surface area (TPSA) is 79.4 Å². The van der Waals surface area contributed by atoms with E-state index >= 15 is 0 Å². The summed E-state index contributed by atoms with van der Waals surface area (Å²) in [6, 6.07) is 1.90. The van der Waals surface area contributed by atoms with Gasteiger partial charge < -0.3 is 5.32 Å². The third-order valence-corrected chi connectivity index (χ3v) is 2.91. The van der Waals surface area contributed by atoms with Crippen molar-refractivity contribution in [3.63, 3.8) is 0 Å². The summed E-state index contributed by atoms with van der Waals surface area (Å²) in [5, 5.41) is 10.5. The number of rotatable bonds is 6. The van der Waals surface area contributed by atoms with E-state index in [0.29, 0.717) is 5.95 Å². The highest BCUT2D eigenvalue weighted by molar-refractivity contribution is 7.98. The second-order valence-corrected chi connectivity index (χ2v) is 4.34. The van der Waals surface area contributed by atoms with Crippen molar-refractivity contribution in [2.45, 2.75) is 24.3 Å². The van der Waals surface area contributed by atoms with Crippen molar-refractivity contribution < 1.29 is 0 Å². The summed E-state index contributed by atoms with van der Waals surface area (Å²) in [6.07, 6.45) is 4.32. The summed E-state index contributed by atoms with van der Waals surface area (Å²) in [5.41, 5.74) is 0.972. The highest BCUT2D eigenvalue weighted by Gasteiger charge is 2.01. The molecule has 0 spiro atoms. The molecule has 17 heavy (non-hydrogen) atoms. The zero-order valence-electron chi connectivity index (χ0n) is 9.55. The van der Waals surface area contributed by atoms with Gasteiger partial charge in [-0.15, -0.1) is 0 Å². The summed E-state index contributed by atoms with van der Waals surface area (Å²) >= 11 is 1.57. The van der Waals surface area contributed by atoms with Crippen molar-refractivity contribution in [3.8, 4) is 0 Å². The normalized spacial score (nSPS) is 10.4. The van der Waals surface area contributed by atoms with Crippen LogP contribution in [0.4, 0.5) is 5.95 Å². The molecular formula is C10H14N6S. The van der Waals surface area contributed by atoms with E-state index in [1.165, 1.54) is 6.33 Å². The maximum absolute atomic E-state index is 4.40. The van der Waals surface area contributed by atoms with Crippen LogP contribution in [-0.4, -0.2) is 31.7 Å². The smallest absolute Gasteiger partial charge is 0.222 e. The number of nitrogens with zero attached hydrogens (tertiary/aromatic N) is 4. The fraction of sp³-hybridized carbons (Fsp3) is 0.400. The molecule has 0 fully saturated rings. The van der Waals surface area contributed by atoms with Crippen LogP contribution in [0.1, 0.15) is 19.0 Å². The van der Waals surface area contributed by atoms with Crippen LogP contribution in [0.25, 0.3) is 0 Å². The highest BCUT2D eigenvalue weighted by Crippen LogP contribution is 2.16. The first-order chi connectivity index (χ1) is 8.38. The fourth-order valence-corrected chi connectivity index (χ4v) is 1.89. The van der Waals surface area contributed by atoms with Crippen LogP contribution < -0.4 is 5.32 Å². The molecule has 0 saturated heterocycles. The van der Waals surface area contributed by atoms with Gasteiger partial charge >= 0.3 is 0 Å². The molecule has 2 aromatic rings. The molecule has 0 aliphatic rings. The molecule has 0 aliphatic heterocycles. The first-order valence-corrected chi connectivity index (χ1v) is 6.41. The summed E-state index contributed by atoms with van der Waals surface area (Å²) in [5.74, 6) is 1.43. The van der Waals surface area contributed by atoms with Gasteiger partial charge in [0.2, 0.25) is 5.95 Å². The van der Waals surface area contributed by atoms with E-state index in [-0.39, 0.29) is 0 Å². The Balaban J connectivity index is 1.91. The molecule has 2 aromatic heterocycles. The molecule has 0 saturated carbocycles. The van der Waals surface area contributed by atoms with Crippen LogP contribution in [0.2, 0.25) is 0 Å². The lowest BCUT2D eigenvalue weighted by Gasteiger charge is -2.04.